The molecule has 70 heavy (non-hydrogen) atoms. The lowest BCUT2D eigenvalue weighted by Crippen LogP contribution is -2.52. The number of oxazole rings is 1. The molecule has 1 unspecified atom stereocenters. The Hall–Kier alpha value is -6.96. The van der Waals surface area contributed by atoms with E-state index >= 15 is 4.39 Å². The van der Waals surface area contributed by atoms with E-state index in [1.54, 1.807) is 42.7 Å². The van der Waals surface area contributed by atoms with E-state index in [0.29, 0.717) is 54.9 Å². The van der Waals surface area contributed by atoms with Gasteiger partial charge in [0.2, 0.25) is 23.5 Å². The number of fused-ring (bicyclic) bond motifs is 1. The monoisotopic (exact) mass is 967 g/mol. The van der Waals surface area contributed by atoms with E-state index in [2.05, 4.69) is 53.7 Å². The number of hydrogen-bond donors (Lipinski definition) is 4. The van der Waals surface area contributed by atoms with Crippen LogP contribution in [0.2, 0.25) is 0 Å². The molecule has 5 aromatic rings. The van der Waals surface area contributed by atoms with E-state index in [4.69, 9.17) is 10.2 Å². The molecule has 5 aliphatic heterocycles. The third-order valence-electron chi connectivity index (χ3n) is 14.0. The summed E-state index contributed by atoms with van der Waals surface area (Å²) in [5, 5.41) is 8.83. The van der Waals surface area contributed by atoms with Crippen LogP contribution in [0.3, 0.4) is 0 Å². The molecule has 10 rings (SSSR count). The van der Waals surface area contributed by atoms with Gasteiger partial charge in [-0.15, -0.1) is 0 Å². The molecule has 1 atom stereocenters. The van der Waals surface area contributed by atoms with Gasteiger partial charge in [0, 0.05) is 97.6 Å². The highest BCUT2D eigenvalue weighted by Gasteiger charge is 2.39. The number of halogens is 1. The number of anilines is 3. The van der Waals surface area contributed by atoms with Gasteiger partial charge in [-0.1, -0.05) is 36.0 Å². The van der Waals surface area contributed by atoms with E-state index in [1.165, 1.54) is 28.9 Å². The Kier molecular flexibility index (Phi) is 13.2. The largest absolute Gasteiger partial charge is 0.431 e. The van der Waals surface area contributed by atoms with Crippen LogP contribution in [0.4, 0.5) is 21.6 Å². The van der Waals surface area contributed by atoms with Crippen molar-refractivity contribution < 1.29 is 32.8 Å². The molecule has 0 aliphatic carbocycles. The van der Waals surface area contributed by atoms with Gasteiger partial charge in [0.25, 0.3) is 17.7 Å². The van der Waals surface area contributed by atoms with E-state index < -0.39 is 29.6 Å². The lowest BCUT2D eigenvalue weighted by atomic mass is 9.91. The fraction of sp³-hybridized carbons (Fsp3) is 0.373. The second-order valence-corrected chi connectivity index (χ2v) is 20.0. The predicted molar refractivity (Wildman–Crippen MR) is 261 cm³/mol. The van der Waals surface area contributed by atoms with Gasteiger partial charge in [-0.05, 0) is 99.0 Å². The maximum atomic E-state index is 15.7. The number of imide groups is 1. The van der Waals surface area contributed by atoms with Crippen LogP contribution in [-0.2, 0) is 22.7 Å². The number of carbonyl (C=O) groups is 5. The van der Waals surface area contributed by atoms with Crippen molar-refractivity contribution in [3.63, 3.8) is 0 Å². The Morgan fingerprint density at radius 3 is 2.47 bits per heavy atom. The molecular formula is C51H54FN11O6S. The van der Waals surface area contributed by atoms with Crippen LogP contribution in [0.5, 0.6) is 0 Å². The summed E-state index contributed by atoms with van der Waals surface area (Å²) in [4.78, 5) is 86.1. The number of nitrogens with one attached hydrogen (secondary N) is 3. The predicted octanol–water partition coefficient (Wildman–Crippen LogP) is 5.77. The Morgan fingerprint density at radius 2 is 1.73 bits per heavy atom. The van der Waals surface area contributed by atoms with Crippen molar-refractivity contribution in [3.8, 4) is 0 Å². The van der Waals surface area contributed by atoms with Gasteiger partial charge < -0.3 is 35.5 Å². The fourth-order valence-corrected chi connectivity index (χ4v) is 10.6. The van der Waals surface area contributed by atoms with Crippen molar-refractivity contribution >= 4 is 64.1 Å². The molecule has 17 nitrogen and oxygen atoms in total. The zero-order valence-corrected chi connectivity index (χ0v) is 39.6. The van der Waals surface area contributed by atoms with Crippen molar-refractivity contribution in [2.45, 2.75) is 92.5 Å². The zero-order valence-electron chi connectivity index (χ0n) is 38.8. The number of nitrogens with two attached hydrogens (primary N) is 1. The summed E-state index contributed by atoms with van der Waals surface area (Å²) in [5.74, 6) is -0.974. The number of nitrogens with zero attached hydrogens (tertiary/aromatic N) is 7. The third-order valence-corrected chi connectivity index (χ3v) is 14.9. The Labute approximate surface area is 408 Å². The molecule has 0 bridgehead atoms. The molecule has 3 fully saturated rings. The number of hydrogen-bond acceptors (Lipinski definition) is 14. The number of aromatic nitrogens is 3. The van der Waals surface area contributed by atoms with Crippen LogP contribution < -0.4 is 31.5 Å². The number of rotatable bonds is 12. The Morgan fingerprint density at radius 1 is 0.900 bits per heavy atom. The summed E-state index contributed by atoms with van der Waals surface area (Å²) in [6.07, 6.45) is 11.7. The minimum Gasteiger partial charge on any atom is -0.431 e. The molecule has 5 amide bonds. The summed E-state index contributed by atoms with van der Waals surface area (Å²) >= 11 is 1.44. The number of benzene rings is 3. The Balaban J connectivity index is 0.667. The minimum atomic E-state index is -0.695. The second-order valence-electron chi connectivity index (χ2n) is 18.9. The molecule has 0 radical (unpaired) electrons. The van der Waals surface area contributed by atoms with Gasteiger partial charge in [-0.25, -0.2) is 19.3 Å². The van der Waals surface area contributed by atoms with Crippen LogP contribution in [0.1, 0.15) is 100 Å². The lowest BCUT2D eigenvalue weighted by Gasteiger charge is -2.40. The van der Waals surface area contributed by atoms with Crippen LogP contribution in [0, 0.1) is 5.82 Å². The normalized spacial score (nSPS) is 19.7. The molecule has 5 aliphatic rings. The van der Waals surface area contributed by atoms with Gasteiger partial charge >= 0.3 is 0 Å². The van der Waals surface area contributed by atoms with Crippen LogP contribution in [0.15, 0.2) is 99.7 Å². The van der Waals surface area contributed by atoms with Gasteiger partial charge in [-0.3, -0.25) is 34.2 Å². The van der Waals surface area contributed by atoms with E-state index in [-0.39, 0.29) is 54.6 Å². The van der Waals surface area contributed by atoms with E-state index in [0.717, 1.165) is 77.8 Å². The molecule has 7 heterocycles. The first-order valence-electron chi connectivity index (χ1n) is 23.8. The average molecular weight is 968 g/mol. The van der Waals surface area contributed by atoms with Crippen molar-refractivity contribution in [2.24, 2.45) is 5.73 Å². The van der Waals surface area contributed by atoms with Gasteiger partial charge in [0.1, 0.15) is 22.7 Å². The third kappa shape index (κ3) is 10.3. The zero-order chi connectivity index (χ0) is 48.5. The highest BCUT2D eigenvalue weighted by molar-refractivity contribution is 7.99. The fourth-order valence-electron chi connectivity index (χ4n) is 9.86. The summed E-state index contributed by atoms with van der Waals surface area (Å²) in [7, 11) is 0. The molecular weight excluding hydrogens is 914 g/mol. The van der Waals surface area contributed by atoms with Crippen LogP contribution in [-0.4, -0.2) is 111 Å². The first-order chi connectivity index (χ1) is 33.8. The molecule has 2 aromatic heterocycles. The van der Waals surface area contributed by atoms with E-state index in [9.17, 15) is 24.0 Å². The van der Waals surface area contributed by atoms with Crippen molar-refractivity contribution in [1.82, 2.24) is 35.4 Å². The molecule has 0 spiro atoms. The van der Waals surface area contributed by atoms with Crippen molar-refractivity contribution in [2.75, 3.05) is 54.4 Å². The quantitative estimate of drug-likeness (QED) is 0.109. The number of piperidine rings is 3. The highest BCUT2D eigenvalue weighted by atomic mass is 32.2. The standard InChI is InChI=1S/C51H54FN11O6S/c1-51(53)15-21-62(22-16-51)43-28-55-45(29-54-43)70-37-4-2-3-35(25-37)58-46(65)33-6-8-40(39(52)24-33)61-19-13-36(14-20-61)60-17-11-32(12-18-60)49-57-27-42(69-49)48(67)56-26-31-5-7-38-34(23-31)30-63(50(38)68)41-9-10-44(64)59-47(41)66/h2-8,11,23-25,27-29,36,41H,9-10,12-22,26,30,53H2,1H3,(H,56,67)(H,58,65)(H,59,64,66). The van der Waals surface area contributed by atoms with Gasteiger partial charge in [0.05, 0.1) is 24.3 Å². The summed E-state index contributed by atoms with van der Waals surface area (Å²) in [5.41, 5.74) is 10.4. The minimum absolute atomic E-state index is 0.0925. The molecule has 362 valence electrons. The van der Waals surface area contributed by atoms with Crippen molar-refractivity contribution in [3.05, 3.63) is 125 Å². The number of amides is 5. The molecule has 19 heteroatoms. The molecule has 5 N–H and O–H groups in total. The molecule has 3 aromatic carbocycles. The number of carbonyl (C=O) groups excluding carboxylic acids is 5. The van der Waals surface area contributed by atoms with E-state index in [1.807, 2.05) is 29.2 Å². The summed E-state index contributed by atoms with van der Waals surface area (Å²) in [6, 6.07) is 17.0. The van der Waals surface area contributed by atoms with Crippen LogP contribution in [0.25, 0.3) is 5.57 Å². The molecule has 0 saturated carbocycles. The van der Waals surface area contributed by atoms with Gasteiger partial charge in [-0.2, -0.15) is 0 Å². The summed E-state index contributed by atoms with van der Waals surface area (Å²) in [6.45, 7) is 7.05. The van der Waals surface area contributed by atoms with Gasteiger partial charge in [0.15, 0.2) is 0 Å². The second kappa shape index (κ2) is 19.8. The Bertz CT molecular complexity index is 2870. The molecule has 3 saturated heterocycles. The summed E-state index contributed by atoms with van der Waals surface area (Å²) < 4.78 is 21.6. The highest BCUT2D eigenvalue weighted by Crippen LogP contribution is 2.33. The smallest absolute Gasteiger partial charge is 0.288 e. The lowest BCUT2D eigenvalue weighted by molar-refractivity contribution is -0.136. The maximum absolute atomic E-state index is 15.7. The van der Waals surface area contributed by atoms with Crippen molar-refractivity contribution in [1.29, 1.82) is 0 Å². The average Bonchev–Trinajstić information content (AvgIpc) is 3.99. The first-order valence-corrected chi connectivity index (χ1v) is 24.6. The first kappa shape index (κ1) is 46.8. The topological polar surface area (TPSA) is 212 Å². The SMILES string of the molecule is CC1(N)CCN(c2cnc(Sc3cccc(NC(=O)c4ccc(N5CCC(N6CC=C(c7ncc(C(=O)NCc8ccc9c(c8)CN(C8CCC(=O)NC8=O)C9=O)o7)CC6)CC5)c(F)c4)c3)cn2)CC1. The van der Waals surface area contributed by atoms with Crippen LogP contribution >= 0.6 is 11.8 Å². The maximum Gasteiger partial charge on any atom is 0.288 e.